The predicted molar refractivity (Wildman–Crippen MR) is 81.2 cm³/mol. The number of hydrogen-bond acceptors (Lipinski definition) is 3. The van der Waals surface area contributed by atoms with E-state index in [2.05, 4.69) is 22.0 Å². The number of halogens is 1. The van der Waals surface area contributed by atoms with E-state index < -0.39 is 12.1 Å². The highest BCUT2D eigenvalue weighted by Gasteiger charge is 2.26. The second-order valence-corrected chi connectivity index (χ2v) is 6.54. The van der Waals surface area contributed by atoms with E-state index in [1.807, 2.05) is 18.4 Å². The largest absolute Gasteiger partial charge is 0.478 e. The van der Waals surface area contributed by atoms with Crippen LogP contribution in [-0.2, 0) is 4.79 Å². The van der Waals surface area contributed by atoms with Gasteiger partial charge in [-0.2, -0.15) is 11.8 Å². The van der Waals surface area contributed by atoms with Gasteiger partial charge < -0.3 is 9.84 Å². The van der Waals surface area contributed by atoms with Gasteiger partial charge >= 0.3 is 5.97 Å². The molecule has 0 heterocycles. The molecule has 1 fully saturated rings. The summed E-state index contributed by atoms with van der Waals surface area (Å²) >= 11 is 4.95. The van der Waals surface area contributed by atoms with Crippen molar-refractivity contribution in [3.63, 3.8) is 0 Å². The van der Waals surface area contributed by atoms with Crippen molar-refractivity contribution in [1.29, 1.82) is 0 Å². The smallest absolute Gasteiger partial charge is 0.345 e. The number of aliphatic carboxylic acids is 1. The molecule has 1 atom stereocenters. The summed E-state index contributed by atoms with van der Waals surface area (Å²) in [5.41, 5.74) is 1.13. The van der Waals surface area contributed by atoms with E-state index in [9.17, 15) is 9.90 Å². The van der Waals surface area contributed by atoms with Gasteiger partial charge in [0.05, 0.1) is 0 Å². The van der Waals surface area contributed by atoms with E-state index >= 15 is 0 Å². The third-order valence-electron chi connectivity index (χ3n) is 3.38. The third-order valence-corrected chi connectivity index (χ3v) is 4.51. The number of carboxylic acid groups (broad SMARTS) is 1. The van der Waals surface area contributed by atoms with Crippen molar-refractivity contribution >= 4 is 33.7 Å². The van der Waals surface area contributed by atoms with Crippen LogP contribution >= 0.6 is 27.7 Å². The average molecular weight is 345 g/mol. The van der Waals surface area contributed by atoms with Crippen molar-refractivity contribution in [2.75, 3.05) is 12.0 Å². The maximum absolute atomic E-state index is 11.2. The molecule has 0 aliphatic heterocycles. The first kappa shape index (κ1) is 14.7. The molecule has 0 saturated heterocycles. The molecular formula is C14H17BrO3S. The fraction of sp³-hybridized carbons (Fsp3) is 0.500. The van der Waals surface area contributed by atoms with Crippen molar-refractivity contribution in [2.24, 2.45) is 0 Å². The topological polar surface area (TPSA) is 46.5 Å². The molecule has 104 valence electrons. The minimum absolute atomic E-state index is 0.454. The van der Waals surface area contributed by atoms with Crippen LogP contribution in [0.15, 0.2) is 22.7 Å². The molecule has 2 rings (SSSR count). The Morgan fingerprint density at radius 1 is 1.58 bits per heavy atom. The Balaban J connectivity index is 2.20. The van der Waals surface area contributed by atoms with Gasteiger partial charge in [0.25, 0.3) is 0 Å². The molecule has 0 radical (unpaired) electrons. The molecule has 0 amide bonds. The van der Waals surface area contributed by atoms with E-state index in [1.54, 1.807) is 0 Å². The van der Waals surface area contributed by atoms with Gasteiger partial charge in [-0.1, -0.05) is 22.4 Å². The number of benzene rings is 1. The van der Waals surface area contributed by atoms with E-state index in [1.165, 1.54) is 18.2 Å². The predicted octanol–water partition coefficient (Wildman–Crippen LogP) is 3.91. The Morgan fingerprint density at radius 3 is 2.84 bits per heavy atom. The normalized spacial score (nSPS) is 16.7. The monoisotopic (exact) mass is 344 g/mol. The number of ether oxygens (including phenoxy) is 1. The zero-order valence-electron chi connectivity index (χ0n) is 10.8. The Bertz CT molecular complexity index is 460. The Hall–Kier alpha value is -0.680. The van der Waals surface area contributed by atoms with Gasteiger partial charge in [0, 0.05) is 10.2 Å². The third kappa shape index (κ3) is 3.66. The summed E-state index contributed by atoms with van der Waals surface area (Å²) in [6, 6.07) is 5.82. The van der Waals surface area contributed by atoms with Crippen LogP contribution in [0.25, 0.3) is 0 Å². The first-order valence-electron chi connectivity index (χ1n) is 6.29. The fourth-order valence-corrected chi connectivity index (χ4v) is 3.02. The maximum atomic E-state index is 11.2. The lowest BCUT2D eigenvalue weighted by atomic mass is 9.80. The molecule has 0 aromatic heterocycles. The minimum Gasteiger partial charge on any atom is -0.478 e. The van der Waals surface area contributed by atoms with Crippen LogP contribution in [0, 0.1) is 0 Å². The second kappa shape index (κ2) is 6.66. The number of hydrogen-bond donors (Lipinski definition) is 1. The maximum Gasteiger partial charge on any atom is 0.345 e. The summed E-state index contributed by atoms with van der Waals surface area (Å²) in [6.45, 7) is 0. The van der Waals surface area contributed by atoms with Gasteiger partial charge in [0.15, 0.2) is 0 Å². The van der Waals surface area contributed by atoms with Gasteiger partial charge in [-0.15, -0.1) is 0 Å². The lowest BCUT2D eigenvalue weighted by Crippen LogP contribution is -2.30. The summed E-state index contributed by atoms with van der Waals surface area (Å²) in [7, 11) is 0. The van der Waals surface area contributed by atoms with Gasteiger partial charge in [0.1, 0.15) is 5.75 Å². The van der Waals surface area contributed by atoms with Crippen molar-refractivity contribution in [3.05, 3.63) is 28.2 Å². The zero-order valence-corrected chi connectivity index (χ0v) is 13.2. The molecule has 0 bridgehead atoms. The van der Waals surface area contributed by atoms with Gasteiger partial charge in [-0.05, 0) is 48.8 Å². The van der Waals surface area contributed by atoms with Crippen LogP contribution in [0.2, 0.25) is 0 Å². The summed E-state index contributed by atoms with van der Waals surface area (Å²) in [5.74, 6) is 0.776. The molecule has 19 heavy (non-hydrogen) atoms. The van der Waals surface area contributed by atoms with Crippen LogP contribution in [-0.4, -0.2) is 29.2 Å². The number of carboxylic acids is 1. The highest BCUT2D eigenvalue weighted by Crippen LogP contribution is 2.42. The van der Waals surface area contributed by atoms with Crippen LogP contribution in [0.4, 0.5) is 0 Å². The second-order valence-electron chi connectivity index (χ2n) is 4.71. The molecule has 1 aliphatic carbocycles. The van der Waals surface area contributed by atoms with Gasteiger partial charge in [0.2, 0.25) is 6.10 Å². The van der Waals surface area contributed by atoms with Crippen molar-refractivity contribution in [2.45, 2.75) is 31.3 Å². The number of rotatable bonds is 6. The Morgan fingerprint density at radius 2 is 2.32 bits per heavy atom. The highest BCUT2D eigenvalue weighted by molar-refractivity contribution is 9.10. The van der Waals surface area contributed by atoms with E-state index in [0.717, 1.165) is 22.9 Å². The summed E-state index contributed by atoms with van der Waals surface area (Å²) in [6.07, 6.45) is 4.66. The molecule has 3 nitrogen and oxygen atoms in total. The van der Waals surface area contributed by atoms with Crippen molar-refractivity contribution < 1.29 is 14.6 Å². The van der Waals surface area contributed by atoms with Crippen LogP contribution in [0.3, 0.4) is 0 Å². The number of carbonyl (C=O) groups is 1. The molecule has 1 saturated carbocycles. The van der Waals surface area contributed by atoms with Crippen LogP contribution in [0.5, 0.6) is 5.75 Å². The molecule has 1 aliphatic rings. The Kier molecular flexibility index (Phi) is 5.16. The molecule has 1 aromatic carbocycles. The lowest BCUT2D eigenvalue weighted by Gasteiger charge is -2.28. The quantitative estimate of drug-likeness (QED) is 0.849. The fourth-order valence-electron chi connectivity index (χ4n) is 2.13. The van der Waals surface area contributed by atoms with E-state index in [4.69, 9.17) is 4.74 Å². The summed E-state index contributed by atoms with van der Waals surface area (Å²) in [5, 5.41) is 9.17. The molecule has 5 heteroatoms. The molecule has 1 N–H and O–H groups in total. The van der Waals surface area contributed by atoms with E-state index in [-0.39, 0.29) is 0 Å². The minimum atomic E-state index is -0.906. The van der Waals surface area contributed by atoms with Gasteiger partial charge in [-0.25, -0.2) is 4.79 Å². The molecule has 1 aromatic rings. The Labute approximate surface area is 125 Å². The highest BCUT2D eigenvalue weighted by atomic mass is 79.9. The molecule has 0 unspecified atom stereocenters. The van der Waals surface area contributed by atoms with E-state index in [0.29, 0.717) is 17.4 Å². The van der Waals surface area contributed by atoms with Gasteiger partial charge in [-0.3, -0.25) is 0 Å². The van der Waals surface area contributed by atoms with Crippen LogP contribution in [0.1, 0.15) is 30.7 Å². The van der Waals surface area contributed by atoms with Crippen molar-refractivity contribution in [1.82, 2.24) is 0 Å². The van der Waals surface area contributed by atoms with Crippen LogP contribution < -0.4 is 4.74 Å². The van der Waals surface area contributed by atoms with Crippen molar-refractivity contribution in [3.8, 4) is 5.75 Å². The lowest BCUT2D eigenvalue weighted by molar-refractivity contribution is -0.143. The average Bonchev–Trinajstić information content (AvgIpc) is 2.29. The number of thioether (sulfide) groups is 1. The summed E-state index contributed by atoms with van der Waals surface area (Å²) in [4.78, 5) is 11.2. The molecule has 0 spiro atoms. The first-order valence-corrected chi connectivity index (χ1v) is 8.48. The zero-order chi connectivity index (χ0) is 13.8. The first-order chi connectivity index (χ1) is 9.11. The SMILES string of the molecule is CSC[C@H](Oc1ccc(Br)cc1C1CCC1)C(=O)O. The standard InChI is InChI=1S/C14H17BrO3S/c1-19-8-13(14(16)17)18-12-6-5-10(15)7-11(12)9-3-2-4-9/h5-7,9,13H,2-4,8H2,1H3,(H,16,17)/t13-/m0/s1. The summed E-state index contributed by atoms with van der Waals surface area (Å²) < 4.78 is 6.73. The molecular weight excluding hydrogens is 328 g/mol.